The second kappa shape index (κ2) is 12.6. The molecule has 1 fully saturated rings. The molecule has 3 amide bonds. The molecule has 2 aromatic rings. The number of halogens is 1. The minimum atomic E-state index is -0.597. The van der Waals surface area contributed by atoms with E-state index in [2.05, 4.69) is 10.6 Å². The van der Waals surface area contributed by atoms with Crippen LogP contribution in [0.2, 0.25) is 5.02 Å². The van der Waals surface area contributed by atoms with Gasteiger partial charge in [-0.05, 0) is 75.1 Å². The number of benzene rings is 2. The van der Waals surface area contributed by atoms with Crippen molar-refractivity contribution in [3.05, 3.63) is 64.2 Å². The Morgan fingerprint density at radius 3 is 2.50 bits per heavy atom. The molecule has 0 radical (unpaired) electrons. The van der Waals surface area contributed by atoms with Crippen LogP contribution in [-0.4, -0.2) is 53.6 Å². The summed E-state index contributed by atoms with van der Waals surface area (Å²) in [5.41, 5.74) is 1.39. The average Bonchev–Trinajstić information content (AvgIpc) is 3.00. The second-order valence-corrected chi connectivity index (χ2v) is 11.0. The third-order valence-electron chi connectivity index (χ3n) is 6.07. The molecule has 2 atom stereocenters. The van der Waals surface area contributed by atoms with E-state index < -0.39 is 23.5 Å². The number of rotatable bonds is 7. The lowest BCUT2D eigenvalue weighted by Gasteiger charge is -2.26. The first-order valence-electron chi connectivity index (χ1n) is 12.5. The van der Waals surface area contributed by atoms with Gasteiger partial charge in [0.05, 0.1) is 36.2 Å². The van der Waals surface area contributed by atoms with Gasteiger partial charge in [0.1, 0.15) is 11.4 Å². The zero-order valence-electron chi connectivity index (χ0n) is 22.3. The minimum Gasteiger partial charge on any atom is -0.496 e. The zero-order chi connectivity index (χ0) is 28.0. The molecule has 2 aromatic carbocycles. The van der Waals surface area contributed by atoms with E-state index >= 15 is 0 Å². The number of carbonyl (C=O) groups excluding carboxylic acids is 3. The van der Waals surface area contributed by atoms with Crippen LogP contribution < -0.4 is 15.4 Å². The molecule has 38 heavy (non-hydrogen) atoms. The summed E-state index contributed by atoms with van der Waals surface area (Å²) < 4.78 is 10.8. The summed E-state index contributed by atoms with van der Waals surface area (Å²) in [6.07, 6.45) is 0.899. The predicted octanol–water partition coefficient (Wildman–Crippen LogP) is 5.08. The molecule has 0 spiro atoms. The maximum absolute atomic E-state index is 13.5. The second-order valence-electron chi connectivity index (χ2n) is 10.1. The molecular formula is C28H34ClN3O5S. The standard InChI is InChI=1S/C28H34ClN3O5S/c1-6-22(17-7-9-18(10-8-17)26(34)37-28(2,3)4)31-27(35)32-16-24(38)30-15-20(25(32)33)13-19-14-21(29)11-12-23(19)36-5/h7-12,14,20,22H,6,13,15-16H2,1-5H3,(H,30,38)(H,31,35)/t20-,22+/m0/s1. The Labute approximate surface area is 234 Å². The summed E-state index contributed by atoms with van der Waals surface area (Å²) in [5, 5.41) is 6.57. The molecule has 1 heterocycles. The summed E-state index contributed by atoms with van der Waals surface area (Å²) in [7, 11) is 1.56. The first kappa shape index (κ1) is 29.4. The lowest BCUT2D eigenvalue weighted by molar-refractivity contribution is -0.131. The molecule has 0 saturated carbocycles. The van der Waals surface area contributed by atoms with Crippen molar-refractivity contribution < 1.29 is 23.9 Å². The Bertz CT molecular complexity index is 1200. The molecule has 8 nitrogen and oxygen atoms in total. The summed E-state index contributed by atoms with van der Waals surface area (Å²) in [5.74, 6) is -0.695. The highest BCUT2D eigenvalue weighted by Gasteiger charge is 2.34. The van der Waals surface area contributed by atoms with Crippen LogP contribution in [0.3, 0.4) is 0 Å². The molecule has 0 aromatic heterocycles. The lowest BCUT2D eigenvalue weighted by atomic mass is 9.97. The number of carbonyl (C=O) groups is 3. The van der Waals surface area contributed by atoms with Gasteiger partial charge in [-0.15, -0.1) is 0 Å². The monoisotopic (exact) mass is 559 g/mol. The average molecular weight is 560 g/mol. The van der Waals surface area contributed by atoms with Crippen LogP contribution in [0.5, 0.6) is 5.75 Å². The predicted molar refractivity (Wildman–Crippen MR) is 151 cm³/mol. The van der Waals surface area contributed by atoms with Crippen LogP contribution in [0.25, 0.3) is 0 Å². The number of nitrogens with zero attached hydrogens (tertiary/aromatic N) is 1. The Morgan fingerprint density at radius 2 is 1.89 bits per heavy atom. The SMILES string of the molecule is CC[C@@H](NC(=O)N1CC(=S)NC[C@H](Cc2cc(Cl)ccc2OC)C1=O)c1ccc(C(=O)OC(C)(C)C)cc1. The van der Waals surface area contributed by atoms with Gasteiger partial charge in [0.15, 0.2) is 0 Å². The topological polar surface area (TPSA) is 97.0 Å². The quantitative estimate of drug-likeness (QED) is 0.360. The zero-order valence-corrected chi connectivity index (χ0v) is 23.9. The van der Waals surface area contributed by atoms with E-state index in [1.807, 2.05) is 27.7 Å². The van der Waals surface area contributed by atoms with Crippen molar-refractivity contribution in [1.82, 2.24) is 15.5 Å². The van der Waals surface area contributed by atoms with Gasteiger partial charge in [-0.1, -0.05) is 42.9 Å². The van der Waals surface area contributed by atoms with E-state index in [9.17, 15) is 14.4 Å². The van der Waals surface area contributed by atoms with Crippen LogP contribution in [0.15, 0.2) is 42.5 Å². The van der Waals surface area contributed by atoms with Crippen LogP contribution in [0.4, 0.5) is 4.79 Å². The summed E-state index contributed by atoms with van der Waals surface area (Å²) in [6.45, 7) is 7.63. The molecular weight excluding hydrogens is 526 g/mol. The molecule has 3 rings (SSSR count). The summed E-state index contributed by atoms with van der Waals surface area (Å²) in [4.78, 5) is 40.8. The number of imide groups is 1. The fraction of sp³-hybridized carbons (Fsp3) is 0.429. The van der Waals surface area contributed by atoms with E-state index in [1.54, 1.807) is 49.6 Å². The fourth-order valence-electron chi connectivity index (χ4n) is 4.16. The minimum absolute atomic E-state index is 0.0167. The number of urea groups is 1. The van der Waals surface area contributed by atoms with Crippen molar-refractivity contribution >= 4 is 46.7 Å². The number of nitrogens with one attached hydrogen (secondary N) is 2. The first-order valence-corrected chi connectivity index (χ1v) is 13.2. The van der Waals surface area contributed by atoms with Crippen molar-refractivity contribution in [3.63, 3.8) is 0 Å². The molecule has 1 aliphatic heterocycles. The first-order chi connectivity index (χ1) is 17.9. The highest BCUT2D eigenvalue weighted by molar-refractivity contribution is 7.80. The van der Waals surface area contributed by atoms with Crippen LogP contribution in [-0.2, 0) is 16.0 Å². The molecule has 204 valence electrons. The Hall–Kier alpha value is -3.17. The van der Waals surface area contributed by atoms with Crippen molar-refractivity contribution in [1.29, 1.82) is 0 Å². The van der Waals surface area contributed by atoms with E-state index in [-0.39, 0.29) is 18.5 Å². The van der Waals surface area contributed by atoms with Crippen LogP contribution in [0, 0.1) is 5.92 Å². The maximum Gasteiger partial charge on any atom is 0.338 e. The number of esters is 1. The van der Waals surface area contributed by atoms with Gasteiger partial charge in [0.2, 0.25) is 5.91 Å². The van der Waals surface area contributed by atoms with Gasteiger partial charge < -0.3 is 20.1 Å². The molecule has 1 aliphatic rings. The van der Waals surface area contributed by atoms with E-state index in [4.69, 9.17) is 33.3 Å². The van der Waals surface area contributed by atoms with Gasteiger partial charge in [-0.25, -0.2) is 9.59 Å². The Balaban J connectivity index is 1.75. The number of hydrogen-bond donors (Lipinski definition) is 2. The van der Waals surface area contributed by atoms with E-state index in [1.165, 1.54) is 0 Å². The Morgan fingerprint density at radius 1 is 1.21 bits per heavy atom. The largest absolute Gasteiger partial charge is 0.496 e. The van der Waals surface area contributed by atoms with Gasteiger partial charge >= 0.3 is 12.0 Å². The van der Waals surface area contributed by atoms with Crippen LogP contribution in [0.1, 0.15) is 61.6 Å². The third-order valence-corrected chi connectivity index (χ3v) is 6.58. The summed E-state index contributed by atoms with van der Waals surface area (Å²) >= 11 is 11.5. The molecule has 0 bridgehead atoms. The van der Waals surface area contributed by atoms with Gasteiger partial charge in [0, 0.05) is 11.6 Å². The van der Waals surface area contributed by atoms with Crippen molar-refractivity contribution in [2.45, 2.75) is 52.2 Å². The normalized spacial score (nSPS) is 16.8. The van der Waals surface area contributed by atoms with Crippen molar-refractivity contribution in [2.24, 2.45) is 5.92 Å². The van der Waals surface area contributed by atoms with Gasteiger partial charge in [-0.3, -0.25) is 9.69 Å². The van der Waals surface area contributed by atoms with E-state index in [0.717, 1.165) is 16.0 Å². The third kappa shape index (κ3) is 7.68. The van der Waals surface area contributed by atoms with Gasteiger partial charge in [-0.2, -0.15) is 0 Å². The molecule has 10 heteroatoms. The molecule has 0 aliphatic carbocycles. The number of hydrogen-bond acceptors (Lipinski definition) is 6. The highest BCUT2D eigenvalue weighted by atomic mass is 35.5. The smallest absolute Gasteiger partial charge is 0.338 e. The van der Waals surface area contributed by atoms with E-state index in [0.29, 0.717) is 40.7 Å². The summed E-state index contributed by atoms with van der Waals surface area (Å²) in [6, 6.07) is 11.2. The number of amides is 3. The van der Waals surface area contributed by atoms with Crippen LogP contribution >= 0.6 is 23.8 Å². The molecule has 0 unspecified atom stereocenters. The number of thiocarbonyl (C=S) groups is 1. The van der Waals surface area contributed by atoms with Crippen molar-refractivity contribution in [2.75, 3.05) is 20.2 Å². The number of ether oxygens (including phenoxy) is 2. The molecule has 1 saturated heterocycles. The number of methoxy groups -OCH3 is 1. The highest BCUT2D eigenvalue weighted by Crippen LogP contribution is 2.27. The molecule has 2 N–H and O–H groups in total. The maximum atomic E-state index is 13.5. The lowest BCUT2D eigenvalue weighted by Crippen LogP contribution is -2.48. The van der Waals surface area contributed by atoms with Crippen molar-refractivity contribution in [3.8, 4) is 5.75 Å². The van der Waals surface area contributed by atoms with Gasteiger partial charge in [0.25, 0.3) is 0 Å². The Kier molecular flexibility index (Phi) is 9.73. The fourth-order valence-corrected chi connectivity index (χ4v) is 4.57.